The lowest BCUT2D eigenvalue weighted by Crippen LogP contribution is -2.03. The molecule has 0 saturated heterocycles. The Kier molecular flexibility index (Phi) is 13.4. The lowest BCUT2D eigenvalue weighted by molar-refractivity contribution is 0.276. The van der Waals surface area contributed by atoms with Crippen molar-refractivity contribution in [2.75, 3.05) is 0 Å². The van der Waals surface area contributed by atoms with Crippen molar-refractivity contribution >= 4 is 11.6 Å². The SMILES string of the molecule is ClCc1cc(OCc2cc(OCc3ccccc3)cc(OCc3ccccc3)c2)cc(OCc2cc(OCc3ccccc3)cc(OCc3ccccc3)c2)c1. The second-order valence-electron chi connectivity index (χ2n) is 13.2. The summed E-state index contributed by atoms with van der Waals surface area (Å²) in [6.07, 6.45) is 0. The molecule has 0 aliphatic heterocycles. The average molecular weight is 763 g/mol. The van der Waals surface area contributed by atoms with Gasteiger partial charge >= 0.3 is 0 Å². The molecule has 7 heteroatoms. The standard InChI is InChI=1S/C49H43ClO6/c50-30-41-21-44(55-35-42-23-46(51-31-37-13-5-1-6-14-37)28-47(24-42)52-32-38-15-7-2-8-16-38)27-45(22-41)56-36-43-25-48(53-33-39-17-9-3-10-18-39)29-49(26-43)54-34-40-19-11-4-12-20-40/h1-29H,30-36H2. The number of alkyl halides is 1. The van der Waals surface area contributed by atoms with Crippen LogP contribution in [-0.4, -0.2) is 0 Å². The molecule has 0 aliphatic rings. The summed E-state index contributed by atoms with van der Waals surface area (Å²) in [6.45, 7) is 2.29. The summed E-state index contributed by atoms with van der Waals surface area (Å²) in [5, 5.41) is 0. The molecule has 0 atom stereocenters. The van der Waals surface area contributed by atoms with E-state index in [9.17, 15) is 0 Å². The highest BCUT2D eigenvalue weighted by atomic mass is 35.5. The summed E-state index contributed by atoms with van der Waals surface area (Å²) in [4.78, 5) is 0. The van der Waals surface area contributed by atoms with Crippen LogP contribution in [0.3, 0.4) is 0 Å². The van der Waals surface area contributed by atoms with Gasteiger partial charge in [0.1, 0.15) is 74.1 Å². The Bertz CT molecular complexity index is 1970. The molecule has 7 aromatic carbocycles. The zero-order chi connectivity index (χ0) is 38.2. The average Bonchev–Trinajstić information content (AvgIpc) is 3.26. The summed E-state index contributed by atoms with van der Waals surface area (Å²) in [5.41, 5.74) is 6.98. The van der Waals surface area contributed by atoms with Gasteiger partial charge in [0.05, 0.1) is 0 Å². The van der Waals surface area contributed by atoms with E-state index in [1.165, 1.54) is 0 Å². The maximum atomic E-state index is 6.36. The van der Waals surface area contributed by atoms with E-state index in [2.05, 4.69) is 0 Å². The zero-order valence-electron chi connectivity index (χ0n) is 31.0. The van der Waals surface area contributed by atoms with E-state index in [1.807, 2.05) is 176 Å². The molecule has 282 valence electrons. The molecule has 7 rings (SSSR count). The minimum Gasteiger partial charge on any atom is -0.489 e. The van der Waals surface area contributed by atoms with Crippen molar-refractivity contribution in [3.8, 4) is 34.5 Å². The van der Waals surface area contributed by atoms with Gasteiger partial charge in [0.2, 0.25) is 0 Å². The highest BCUT2D eigenvalue weighted by molar-refractivity contribution is 6.17. The maximum absolute atomic E-state index is 6.36. The van der Waals surface area contributed by atoms with E-state index >= 15 is 0 Å². The van der Waals surface area contributed by atoms with Gasteiger partial charge in [0.15, 0.2) is 0 Å². The van der Waals surface area contributed by atoms with Crippen LogP contribution < -0.4 is 28.4 Å². The van der Waals surface area contributed by atoms with E-state index in [1.54, 1.807) is 0 Å². The van der Waals surface area contributed by atoms with Crippen LogP contribution in [0.25, 0.3) is 0 Å². The third-order valence-electron chi connectivity index (χ3n) is 8.78. The topological polar surface area (TPSA) is 55.4 Å². The Labute approximate surface area is 333 Å². The van der Waals surface area contributed by atoms with Crippen molar-refractivity contribution in [3.05, 3.63) is 215 Å². The molecule has 0 N–H and O–H groups in total. The second-order valence-corrected chi connectivity index (χ2v) is 13.5. The van der Waals surface area contributed by atoms with Crippen LogP contribution in [0.2, 0.25) is 0 Å². The van der Waals surface area contributed by atoms with Crippen LogP contribution in [0.15, 0.2) is 176 Å². The summed E-state index contributed by atoms with van der Waals surface area (Å²) in [5.74, 6) is 4.34. The summed E-state index contributed by atoms with van der Waals surface area (Å²) in [7, 11) is 0. The van der Waals surface area contributed by atoms with E-state index in [0.29, 0.717) is 66.8 Å². The van der Waals surface area contributed by atoms with E-state index in [0.717, 1.165) is 38.9 Å². The minimum atomic E-state index is 0.276. The molecule has 0 aliphatic carbocycles. The van der Waals surface area contributed by atoms with Crippen molar-refractivity contribution < 1.29 is 28.4 Å². The molecule has 0 amide bonds. The van der Waals surface area contributed by atoms with E-state index in [-0.39, 0.29) is 13.2 Å². The minimum absolute atomic E-state index is 0.276. The Hall–Kier alpha value is -6.37. The summed E-state index contributed by atoms with van der Waals surface area (Å²) >= 11 is 6.35. The Morgan fingerprint density at radius 1 is 0.250 bits per heavy atom. The molecule has 0 bridgehead atoms. The second kappa shape index (κ2) is 19.8. The lowest BCUT2D eigenvalue weighted by Gasteiger charge is -2.15. The fourth-order valence-electron chi connectivity index (χ4n) is 5.93. The Balaban J connectivity index is 1.04. The molecule has 0 unspecified atom stereocenters. The van der Waals surface area contributed by atoms with Gasteiger partial charge in [-0.2, -0.15) is 0 Å². The fourth-order valence-corrected chi connectivity index (χ4v) is 6.09. The van der Waals surface area contributed by atoms with Gasteiger partial charge in [-0.05, 0) is 75.3 Å². The van der Waals surface area contributed by atoms with Crippen LogP contribution >= 0.6 is 11.6 Å². The monoisotopic (exact) mass is 762 g/mol. The maximum Gasteiger partial charge on any atom is 0.123 e. The predicted octanol–water partition coefficient (Wildman–Crippen LogP) is 11.9. The smallest absolute Gasteiger partial charge is 0.123 e. The number of benzene rings is 7. The largest absolute Gasteiger partial charge is 0.489 e. The van der Waals surface area contributed by atoms with Crippen LogP contribution in [0.5, 0.6) is 34.5 Å². The molecule has 0 radical (unpaired) electrons. The van der Waals surface area contributed by atoms with Crippen molar-refractivity contribution in [2.24, 2.45) is 0 Å². The van der Waals surface area contributed by atoms with Gasteiger partial charge in [-0.15, -0.1) is 11.6 Å². The highest BCUT2D eigenvalue weighted by Gasteiger charge is 2.11. The van der Waals surface area contributed by atoms with Crippen molar-refractivity contribution in [1.82, 2.24) is 0 Å². The normalized spacial score (nSPS) is 10.7. The van der Waals surface area contributed by atoms with Crippen LogP contribution in [0.1, 0.15) is 38.9 Å². The first-order valence-corrected chi connectivity index (χ1v) is 19.1. The first kappa shape index (κ1) is 37.9. The third-order valence-corrected chi connectivity index (χ3v) is 9.09. The molecule has 6 nitrogen and oxygen atoms in total. The summed E-state index contributed by atoms with van der Waals surface area (Å²) in [6, 6.07) is 57.8. The Morgan fingerprint density at radius 3 is 0.696 bits per heavy atom. The number of hydrogen-bond acceptors (Lipinski definition) is 6. The van der Waals surface area contributed by atoms with Crippen LogP contribution in [0.4, 0.5) is 0 Å². The van der Waals surface area contributed by atoms with Gasteiger partial charge < -0.3 is 28.4 Å². The molecule has 0 heterocycles. The summed E-state index contributed by atoms with van der Waals surface area (Å²) < 4.78 is 37.6. The molecule has 0 aromatic heterocycles. The number of rotatable bonds is 19. The van der Waals surface area contributed by atoms with Gasteiger partial charge in [0, 0.05) is 24.1 Å². The van der Waals surface area contributed by atoms with Crippen LogP contribution in [0, 0.1) is 0 Å². The molecular formula is C49H43ClO6. The van der Waals surface area contributed by atoms with Gasteiger partial charge in [-0.1, -0.05) is 121 Å². The molecule has 0 spiro atoms. The molecule has 7 aromatic rings. The predicted molar refractivity (Wildman–Crippen MR) is 221 cm³/mol. The quantitative estimate of drug-likeness (QED) is 0.0765. The molecule has 0 saturated carbocycles. The third kappa shape index (κ3) is 11.8. The zero-order valence-corrected chi connectivity index (χ0v) is 31.8. The molecular weight excluding hydrogens is 720 g/mol. The van der Waals surface area contributed by atoms with Gasteiger partial charge in [0.25, 0.3) is 0 Å². The first-order chi connectivity index (χ1) is 27.6. The number of ether oxygens (including phenoxy) is 6. The van der Waals surface area contributed by atoms with Crippen molar-refractivity contribution in [3.63, 3.8) is 0 Å². The van der Waals surface area contributed by atoms with Crippen molar-refractivity contribution in [1.29, 1.82) is 0 Å². The van der Waals surface area contributed by atoms with E-state index < -0.39 is 0 Å². The molecule has 56 heavy (non-hydrogen) atoms. The fraction of sp³-hybridized carbons (Fsp3) is 0.143. The molecule has 0 fully saturated rings. The Morgan fingerprint density at radius 2 is 0.464 bits per heavy atom. The van der Waals surface area contributed by atoms with E-state index in [4.69, 9.17) is 40.0 Å². The van der Waals surface area contributed by atoms with Crippen LogP contribution in [-0.2, 0) is 45.5 Å². The lowest BCUT2D eigenvalue weighted by atomic mass is 10.2. The number of halogens is 1. The van der Waals surface area contributed by atoms with Gasteiger partial charge in [-0.3, -0.25) is 0 Å². The van der Waals surface area contributed by atoms with Gasteiger partial charge in [-0.25, -0.2) is 0 Å². The first-order valence-electron chi connectivity index (χ1n) is 18.5. The number of hydrogen-bond donors (Lipinski definition) is 0. The highest BCUT2D eigenvalue weighted by Crippen LogP contribution is 2.30. The van der Waals surface area contributed by atoms with Crippen molar-refractivity contribution in [2.45, 2.75) is 45.5 Å².